The summed E-state index contributed by atoms with van der Waals surface area (Å²) in [5, 5.41) is 5.50. The largest absolute Gasteiger partial charge is 0.326 e. The lowest BCUT2D eigenvalue weighted by Crippen LogP contribution is -2.28. The first kappa shape index (κ1) is 22.8. The van der Waals surface area contributed by atoms with Gasteiger partial charge in [-0.25, -0.2) is 17.1 Å². The number of rotatable bonds is 8. The molecular weight excluding hydrogens is 421 g/mol. The van der Waals surface area contributed by atoms with Gasteiger partial charge in [-0.2, -0.15) is 0 Å². The minimum atomic E-state index is -3.75. The first-order valence-electron chi connectivity index (χ1n) is 8.68. The molecule has 0 saturated carbocycles. The Morgan fingerprint density at radius 3 is 2.34 bits per heavy atom. The summed E-state index contributed by atoms with van der Waals surface area (Å²) >= 11 is 6.10. The summed E-state index contributed by atoms with van der Waals surface area (Å²) in [7, 11) is -2.36. The average Bonchev–Trinajstić information content (AvgIpc) is 2.63. The van der Waals surface area contributed by atoms with Gasteiger partial charge < -0.3 is 10.6 Å². The summed E-state index contributed by atoms with van der Waals surface area (Å²) in [6.45, 7) is 1.49. The third kappa shape index (κ3) is 6.52. The highest BCUT2D eigenvalue weighted by molar-refractivity contribution is 7.89. The third-order valence-electron chi connectivity index (χ3n) is 3.96. The molecule has 0 radical (unpaired) electrons. The summed E-state index contributed by atoms with van der Waals surface area (Å²) in [6, 6.07) is 9.23. The fourth-order valence-electron chi connectivity index (χ4n) is 2.48. The quantitative estimate of drug-likeness (QED) is 0.655. The number of benzene rings is 2. The molecule has 0 bridgehead atoms. The van der Waals surface area contributed by atoms with Crippen molar-refractivity contribution >= 4 is 44.8 Å². The summed E-state index contributed by atoms with van der Waals surface area (Å²) in [4.78, 5) is 23.1. The summed E-state index contributed by atoms with van der Waals surface area (Å²) in [5.41, 5.74) is 0.895. The van der Waals surface area contributed by atoms with Gasteiger partial charge in [0.1, 0.15) is 5.82 Å². The number of carbonyl (C=O) groups is 2. The van der Waals surface area contributed by atoms with Crippen LogP contribution in [0.1, 0.15) is 19.8 Å². The molecule has 0 aliphatic rings. The highest BCUT2D eigenvalue weighted by atomic mass is 35.5. The molecule has 0 heterocycles. The van der Waals surface area contributed by atoms with Crippen LogP contribution < -0.4 is 10.6 Å². The molecule has 0 aromatic heterocycles. The lowest BCUT2D eigenvalue weighted by molar-refractivity contribution is -0.116. The molecule has 0 unspecified atom stereocenters. The Morgan fingerprint density at radius 1 is 1.10 bits per heavy atom. The van der Waals surface area contributed by atoms with Crippen molar-refractivity contribution in [3.8, 4) is 0 Å². The van der Waals surface area contributed by atoms with Crippen molar-refractivity contribution in [2.75, 3.05) is 24.2 Å². The van der Waals surface area contributed by atoms with Gasteiger partial charge in [-0.3, -0.25) is 9.59 Å². The molecule has 0 fully saturated rings. The third-order valence-corrected chi connectivity index (χ3v) is 6.15. The summed E-state index contributed by atoms with van der Waals surface area (Å²) in [5.74, 6) is -1.09. The number of anilines is 2. The average molecular weight is 442 g/mol. The van der Waals surface area contributed by atoms with Crippen LogP contribution in [0.25, 0.3) is 0 Å². The zero-order valence-electron chi connectivity index (χ0n) is 15.9. The Bertz CT molecular complexity index is 997. The Labute approximate surface area is 173 Å². The van der Waals surface area contributed by atoms with Gasteiger partial charge in [-0.15, -0.1) is 0 Å². The molecule has 10 heteroatoms. The minimum Gasteiger partial charge on any atom is -0.326 e. The molecule has 2 aromatic rings. The molecule has 0 aliphatic carbocycles. The lowest BCUT2D eigenvalue weighted by atomic mass is 10.2. The first-order valence-corrected chi connectivity index (χ1v) is 10.5. The molecule has 0 atom stereocenters. The van der Waals surface area contributed by atoms with Crippen LogP contribution in [0.3, 0.4) is 0 Å². The number of amides is 2. The molecule has 2 aromatic carbocycles. The zero-order valence-corrected chi connectivity index (χ0v) is 17.5. The summed E-state index contributed by atoms with van der Waals surface area (Å²) in [6.07, 6.45) is 0.359. The molecule has 0 aliphatic heterocycles. The maximum absolute atomic E-state index is 13.0. The van der Waals surface area contributed by atoms with Gasteiger partial charge in [0.25, 0.3) is 0 Å². The van der Waals surface area contributed by atoms with E-state index in [1.165, 1.54) is 32.2 Å². The summed E-state index contributed by atoms with van der Waals surface area (Å²) < 4.78 is 38.9. The van der Waals surface area contributed by atoms with E-state index in [4.69, 9.17) is 11.6 Å². The molecule has 2 rings (SSSR count). The van der Waals surface area contributed by atoms with Crippen LogP contribution in [0, 0.1) is 5.82 Å². The van der Waals surface area contributed by atoms with Crippen molar-refractivity contribution < 1.29 is 22.4 Å². The molecule has 156 valence electrons. The molecule has 0 saturated heterocycles. The van der Waals surface area contributed by atoms with Crippen LogP contribution >= 0.6 is 11.6 Å². The van der Waals surface area contributed by atoms with Crippen LogP contribution in [0.15, 0.2) is 47.4 Å². The second kappa shape index (κ2) is 9.82. The highest BCUT2D eigenvalue weighted by Gasteiger charge is 2.20. The number of carbonyl (C=O) groups excluding carboxylic acids is 2. The van der Waals surface area contributed by atoms with E-state index in [1.54, 1.807) is 12.1 Å². The number of sulfonamides is 1. The van der Waals surface area contributed by atoms with E-state index in [1.807, 2.05) is 0 Å². The van der Waals surface area contributed by atoms with Gasteiger partial charge >= 0.3 is 0 Å². The number of hydrogen-bond acceptors (Lipinski definition) is 4. The second-order valence-electron chi connectivity index (χ2n) is 6.31. The van der Waals surface area contributed by atoms with Gasteiger partial charge in [0.2, 0.25) is 21.8 Å². The van der Waals surface area contributed by atoms with Gasteiger partial charge in [-0.05, 0) is 48.9 Å². The molecule has 2 amide bonds. The van der Waals surface area contributed by atoms with E-state index in [0.29, 0.717) is 11.4 Å². The van der Waals surface area contributed by atoms with Gasteiger partial charge in [0.15, 0.2) is 0 Å². The Kier molecular flexibility index (Phi) is 7.72. The van der Waals surface area contributed by atoms with Crippen molar-refractivity contribution in [1.82, 2.24) is 4.31 Å². The van der Waals surface area contributed by atoms with Crippen LogP contribution in [-0.2, 0) is 19.6 Å². The van der Waals surface area contributed by atoms with E-state index in [-0.39, 0.29) is 41.1 Å². The van der Waals surface area contributed by atoms with Crippen molar-refractivity contribution in [3.63, 3.8) is 0 Å². The van der Waals surface area contributed by atoms with E-state index >= 15 is 0 Å². The van der Waals surface area contributed by atoms with Crippen LogP contribution in [0.2, 0.25) is 5.02 Å². The Morgan fingerprint density at radius 2 is 1.76 bits per heavy atom. The van der Waals surface area contributed by atoms with Crippen molar-refractivity contribution in [2.45, 2.75) is 24.7 Å². The maximum atomic E-state index is 13.0. The fourth-order valence-corrected chi connectivity index (χ4v) is 3.92. The Balaban J connectivity index is 1.88. The fraction of sp³-hybridized carbons (Fsp3) is 0.263. The van der Waals surface area contributed by atoms with Crippen LogP contribution in [0.5, 0.6) is 0 Å². The monoisotopic (exact) mass is 441 g/mol. The first-order chi connectivity index (χ1) is 13.6. The molecule has 7 nitrogen and oxygen atoms in total. The van der Waals surface area contributed by atoms with Gasteiger partial charge in [-0.1, -0.05) is 11.6 Å². The van der Waals surface area contributed by atoms with E-state index < -0.39 is 15.8 Å². The predicted octanol–water partition coefficient (Wildman–Crippen LogP) is 3.48. The van der Waals surface area contributed by atoms with Crippen molar-refractivity contribution in [3.05, 3.63) is 53.3 Å². The van der Waals surface area contributed by atoms with Gasteiger partial charge in [0.05, 0.1) is 15.6 Å². The topological polar surface area (TPSA) is 95.6 Å². The number of nitrogens with zero attached hydrogens (tertiary/aromatic N) is 1. The van der Waals surface area contributed by atoms with Crippen LogP contribution in [0.4, 0.5) is 15.8 Å². The molecule has 0 spiro atoms. The SMILES string of the molecule is CC(=O)Nc1ccc(NC(=O)CCCN(C)S(=O)(=O)c2ccc(F)cc2)c(Cl)c1. The number of hydrogen-bond donors (Lipinski definition) is 2. The molecule has 2 N–H and O–H groups in total. The molecule has 29 heavy (non-hydrogen) atoms. The Hall–Kier alpha value is -2.49. The van der Waals surface area contributed by atoms with Gasteiger partial charge in [0, 0.05) is 32.6 Å². The van der Waals surface area contributed by atoms with E-state index in [2.05, 4.69) is 10.6 Å². The standard InChI is InChI=1S/C19H21ClFN3O4S/c1-13(25)22-15-7-10-18(17(20)12-15)23-19(26)4-3-11-24(2)29(27,28)16-8-5-14(21)6-9-16/h5-10,12H,3-4,11H2,1-2H3,(H,22,25)(H,23,26). The highest BCUT2D eigenvalue weighted by Crippen LogP contribution is 2.25. The van der Waals surface area contributed by atoms with Crippen molar-refractivity contribution in [1.29, 1.82) is 0 Å². The predicted molar refractivity (Wildman–Crippen MR) is 110 cm³/mol. The molecular formula is C19H21ClFN3O4S. The van der Waals surface area contributed by atoms with E-state index in [9.17, 15) is 22.4 Å². The second-order valence-corrected chi connectivity index (χ2v) is 8.76. The number of halogens is 2. The van der Waals surface area contributed by atoms with E-state index in [0.717, 1.165) is 16.4 Å². The normalized spacial score (nSPS) is 11.3. The van der Waals surface area contributed by atoms with Crippen molar-refractivity contribution in [2.24, 2.45) is 0 Å². The zero-order chi connectivity index (χ0) is 21.6. The van der Waals surface area contributed by atoms with Crippen LogP contribution in [-0.4, -0.2) is 38.1 Å². The minimum absolute atomic E-state index is 0.0168. The lowest BCUT2D eigenvalue weighted by Gasteiger charge is -2.17. The smallest absolute Gasteiger partial charge is 0.242 e. The maximum Gasteiger partial charge on any atom is 0.242 e. The number of nitrogens with one attached hydrogen (secondary N) is 2.